The minimum Gasteiger partial charge on any atom is -0.493 e. The molecule has 6 nitrogen and oxygen atoms in total. The normalized spacial score (nSPS) is 19.5. The lowest BCUT2D eigenvalue weighted by molar-refractivity contribution is -0.119. The number of rotatable bonds is 5. The summed E-state index contributed by atoms with van der Waals surface area (Å²) in [5.74, 6) is 0.372. The quantitative estimate of drug-likeness (QED) is 0.702. The van der Waals surface area contributed by atoms with Crippen molar-refractivity contribution in [1.82, 2.24) is 0 Å². The average molecular weight is 448 g/mol. The third-order valence-electron chi connectivity index (χ3n) is 5.88. The zero-order valence-electron chi connectivity index (χ0n) is 18.8. The van der Waals surface area contributed by atoms with Gasteiger partial charge in [0, 0.05) is 18.4 Å². The van der Waals surface area contributed by atoms with Crippen LogP contribution < -0.4 is 15.2 Å². The van der Waals surface area contributed by atoms with Crippen molar-refractivity contribution in [2.45, 2.75) is 39.2 Å². The van der Waals surface area contributed by atoms with Crippen LogP contribution in [0.25, 0.3) is 0 Å². The maximum atomic E-state index is 13.5. The number of carbonyl (C=O) groups excluding carboxylic acids is 1. The van der Waals surface area contributed by atoms with Crippen LogP contribution in [0.1, 0.15) is 43.7 Å². The van der Waals surface area contributed by atoms with E-state index in [1.807, 2.05) is 13.8 Å². The first-order chi connectivity index (χ1) is 15.7. The minimum absolute atomic E-state index is 0.0112. The molecule has 33 heavy (non-hydrogen) atoms. The number of nitrogens with zero attached hydrogens (tertiary/aromatic N) is 1. The molecule has 0 unspecified atom stereocenters. The Kier molecular flexibility index (Phi) is 5.86. The lowest BCUT2D eigenvalue weighted by Crippen LogP contribution is -2.33. The second-order valence-electron chi connectivity index (χ2n) is 9.03. The van der Waals surface area contributed by atoms with Gasteiger partial charge < -0.3 is 19.9 Å². The number of hydrogen-bond donors (Lipinski definition) is 1. The second kappa shape index (κ2) is 8.62. The van der Waals surface area contributed by atoms with Gasteiger partial charge in [0.05, 0.1) is 13.0 Å². The van der Waals surface area contributed by atoms with Gasteiger partial charge in [0.2, 0.25) is 5.88 Å². The Bertz CT molecular complexity index is 1220. The van der Waals surface area contributed by atoms with Gasteiger partial charge in [0.1, 0.15) is 29.8 Å². The summed E-state index contributed by atoms with van der Waals surface area (Å²) in [6.45, 7) is 4.16. The Morgan fingerprint density at radius 1 is 1.21 bits per heavy atom. The Hall–Kier alpha value is -3.79. The highest BCUT2D eigenvalue weighted by Crippen LogP contribution is 2.48. The number of allylic oxidation sites excluding steroid dienone is 3. The van der Waals surface area contributed by atoms with Gasteiger partial charge in [-0.25, -0.2) is 4.39 Å². The zero-order chi connectivity index (χ0) is 23.8. The van der Waals surface area contributed by atoms with Gasteiger partial charge in [-0.15, -0.1) is 0 Å². The number of halogens is 1. The maximum Gasteiger partial charge on any atom is 0.205 e. The molecule has 2 aromatic carbocycles. The van der Waals surface area contributed by atoms with Gasteiger partial charge in [-0.2, -0.15) is 5.26 Å². The van der Waals surface area contributed by atoms with E-state index in [0.29, 0.717) is 46.8 Å². The molecule has 0 aromatic heterocycles. The van der Waals surface area contributed by atoms with E-state index in [2.05, 4.69) is 6.07 Å². The van der Waals surface area contributed by atoms with Crippen molar-refractivity contribution in [2.75, 3.05) is 7.11 Å². The molecule has 0 spiro atoms. The van der Waals surface area contributed by atoms with Crippen LogP contribution in [0.3, 0.4) is 0 Å². The molecule has 0 saturated heterocycles. The van der Waals surface area contributed by atoms with Crippen molar-refractivity contribution < 1.29 is 23.4 Å². The molecule has 0 fully saturated rings. The molecule has 2 aliphatic rings. The first-order valence-corrected chi connectivity index (χ1v) is 10.6. The molecule has 7 heteroatoms. The number of hydrogen-bond acceptors (Lipinski definition) is 6. The van der Waals surface area contributed by atoms with Crippen molar-refractivity contribution in [3.05, 3.63) is 82.2 Å². The summed E-state index contributed by atoms with van der Waals surface area (Å²) in [6.07, 6.45) is 0.909. The summed E-state index contributed by atoms with van der Waals surface area (Å²) in [5.41, 5.74) is 7.85. The molecule has 4 rings (SSSR count). The summed E-state index contributed by atoms with van der Waals surface area (Å²) in [7, 11) is 1.51. The molecule has 0 radical (unpaired) electrons. The van der Waals surface area contributed by atoms with Crippen LogP contribution in [-0.4, -0.2) is 12.9 Å². The van der Waals surface area contributed by atoms with E-state index in [1.165, 1.54) is 19.2 Å². The molecule has 0 bridgehead atoms. The van der Waals surface area contributed by atoms with Gasteiger partial charge in [0.25, 0.3) is 0 Å². The largest absolute Gasteiger partial charge is 0.493 e. The highest BCUT2D eigenvalue weighted by Gasteiger charge is 2.43. The van der Waals surface area contributed by atoms with Gasteiger partial charge in [-0.05, 0) is 40.8 Å². The topological polar surface area (TPSA) is 94.6 Å². The van der Waals surface area contributed by atoms with E-state index in [1.54, 1.807) is 30.3 Å². The molecular formula is C26H25FN2O4. The van der Waals surface area contributed by atoms with E-state index >= 15 is 0 Å². The van der Waals surface area contributed by atoms with Gasteiger partial charge in [-0.1, -0.05) is 32.0 Å². The lowest BCUT2D eigenvalue weighted by atomic mass is 9.70. The van der Waals surface area contributed by atoms with E-state index in [9.17, 15) is 14.4 Å². The van der Waals surface area contributed by atoms with Crippen molar-refractivity contribution in [1.29, 1.82) is 5.26 Å². The number of ketones is 1. The molecule has 1 atom stereocenters. The number of ether oxygens (including phenoxy) is 3. The number of nitrogens with two attached hydrogens (primary N) is 1. The number of nitriles is 1. The molecule has 1 aliphatic carbocycles. The Balaban J connectivity index is 1.70. The highest BCUT2D eigenvalue weighted by atomic mass is 19.1. The molecular weight excluding hydrogens is 423 g/mol. The van der Waals surface area contributed by atoms with Crippen molar-refractivity contribution in [3.63, 3.8) is 0 Å². The van der Waals surface area contributed by atoms with Crippen LogP contribution in [-0.2, 0) is 16.1 Å². The summed E-state index contributed by atoms with van der Waals surface area (Å²) in [5, 5.41) is 9.80. The summed E-state index contributed by atoms with van der Waals surface area (Å²) < 4.78 is 30.6. The summed E-state index contributed by atoms with van der Waals surface area (Å²) in [6, 6.07) is 13.5. The van der Waals surface area contributed by atoms with Crippen molar-refractivity contribution >= 4 is 5.78 Å². The predicted octanol–water partition coefficient (Wildman–Crippen LogP) is 4.86. The van der Waals surface area contributed by atoms with Crippen LogP contribution in [0.2, 0.25) is 0 Å². The van der Waals surface area contributed by atoms with Crippen LogP contribution in [0, 0.1) is 22.6 Å². The molecule has 2 aromatic rings. The molecule has 1 heterocycles. The van der Waals surface area contributed by atoms with Crippen LogP contribution in [0.4, 0.5) is 4.39 Å². The van der Waals surface area contributed by atoms with Gasteiger partial charge in [0.15, 0.2) is 17.3 Å². The summed E-state index contributed by atoms with van der Waals surface area (Å²) >= 11 is 0. The van der Waals surface area contributed by atoms with Crippen molar-refractivity contribution in [3.8, 4) is 17.6 Å². The van der Waals surface area contributed by atoms with E-state index in [-0.39, 0.29) is 35.1 Å². The van der Waals surface area contributed by atoms with Gasteiger partial charge in [-0.3, -0.25) is 4.79 Å². The average Bonchev–Trinajstić information content (AvgIpc) is 2.76. The molecule has 0 saturated carbocycles. The van der Waals surface area contributed by atoms with E-state index < -0.39 is 5.92 Å². The fourth-order valence-electron chi connectivity index (χ4n) is 4.39. The Labute approximate surface area is 192 Å². The SMILES string of the molecule is COc1cc([C@H]2C(C#N)=C(N)OC3=C2C(=O)CC(C)(C)C3)ccc1OCc1cccc(F)c1. The fraction of sp³-hybridized carbons (Fsp3) is 0.308. The molecule has 1 aliphatic heterocycles. The number of carbonyl (C=O) groups is 1. The maximum absolute atomic E-state index is 13.5. The fourth-order valence-corrected chi connectivity index (χ4v) is 4.39. The number of methoxy groups -OCH3 is 1. The lowest BCUT2D eigenvalue weighted by Gasteiger charge is -2.37. The first kappa shape index (κ1) is 22.4. The van der Waals surface area contributed by atoms with Crippen LogP contribution >= 0.6 is 0 Å². The monoisotopic (exact) mass is 448 g/mol. The predicted molar refractivity (Wildman–Crippen MR) is 119 cm³/mol. The van der Waals surface area contributed by atoms with E-state index in [4.69, 9.17) is 19.9 Å². The third kappa shape index (κ3) is 4.42. The standard InChI is InChI=1S/C26H25FN2O4/c1-26(2)11-19(30)24-22(12-26)33-25(29)18(13-28)23(24)16-7-8-20(21(10-16)31-3)32-14-15-5-4-6-17(27)9-15/h4-10,23H,11-12,14,29H2,1-3H3/t23-/m0/s1. The van der Waals surface area contributed by atoms with Crippen LogP contribution in [0.15, 0.2) is 65.3 Å². The van der Waals surface area contributed by atoms with Crippen LogP contribution in [0.5, 0.6) is 11.5 Å². The van der Waals surface area contributed by atoms with Gasteiger partial charge >= 0.3 is 0 Å². The zero-order valence-corrected chi connectivity index (χ0v) is 18.8. The first-order valence-electron chi connectivity index (χ1n) is 10.6. The number of Topliss-reactive ketones (excluding diaryl/α,β-unsaturated/α-hetero) is 1. The third-order valence-corrected chi connectivity index (χ3v) is 5.88. The molecule has 0 amide bonds. The Morgan fingerprint density at radius 3 is 2.70 bits per heavy atom. The molecule has 2 N–H and O–H groups in total. The van der Waals surface area contributed by atoms with E-state index in [0.717, 1.165) is 0 Å². The van der Waals surface area contributed by atoms with Crippen molar-refractivity contribution in [2.24, 2.45) is 11.1 Å². The highest BCUT2D eigenvalue weighted by molar-refractivity contribution is 6.00. The second-order valence-corrected chi connectivity index (χ2v) is 9.03. The number of benzene rings is 2. The minimum atomic E-state index is -0.645. The smallest absolute Gasteiger partial charge is 0.205 e. The molecule has 170 valence electrons. The Morgan fingerprint density at radius 2 is 2.00 bits per heavy atom. The summed E-state index contributed by atoms with van der Waals surface area (Å²) in [4.78, 5) is 13.1.